The van der Waals surface area contributed by atoms with Gasteiger partial charge in [-0.1, -0.05) is 25.3 Å². The molecule has 110 valence electrons. The Kier molecular flexibility index (Phi) is 4.06. The number of hydrogen-bond acceptors (Lipinski definition) is 1. The van der Waals surface area contributed by atoms with Gasteiger partial charge in [-0.25, -0.2) is 8.78 Å². The molecule has 1 aromatic carbocycles. The van der Waals surface area contributed by atoms with Crippen LogP contribution in [0.4, 0.5) is 8.78 Å². The van der Waals surface area contributed by atoms with E-state index < -0.39 is 5.82 Å². The van der Waals surface area contributed by atoms with Gasteiger partial charge in [0, 0.05) is 18.7 Å². The van der Waals surface area contributed by atoms with Crippen LogP contribution in [0.5, 0.6) is 0 Å². The molecule has 0 saturated heterocycles. The summed E-state index contributed by atoms with van der Waals surface area (Å²) in [6.07, 6.45) is 9.36. The lowest BCUT2D eigenvalue weighted by atomic mass is 9.70. The molecule has 0 amide bonds. The summed E-state index contributed by atoms with van der Waals surface area (Å²) in [6.45, 7) is 0.981. The Hall–Kier alpha value is -0.960. The van der Waals surface area contributed by atoms with Crippen molar-refractivity contribution in [3.63, 3.8) is 0 Å². The van der Waals surface area contributed by atoms with E-state index >= 15 is 0 Å². The zero-order valence-electron chi connectivity index (χ0n) is 11.9. The van der Waals surface area contributed by atoms with Gasteiger partial charge in [0.1, 0.15) is 11.6 Å². The van der Waals surface area contributed by atoms with Crippen LogP contribution in [0.3, 0.4) is 0 Å². The predicted octanol–water partition coefficient (Wildman–Crippen LogP) is 4.21. The van der Waals surface area contributed by atoms with E-state index in [0.29, 0.717) is 11.6 Å². The summed E-state index contributed by atoms with van der Waals surface area (Å²) in [4.78, 5) is 0. The second-order valence-corrected chi connectivity index (χ2v) is 6.63. The minimum absolute atomic E-state index is 0.166. The van der Waals surface area contributed by atoms with Gasteiger partial charge in [-0.2, -0.15) is 0 Å². The van der Waals surface area contributed by atoms with Gasteiger partial charge in [0.25, 0.3) is 0 Å². The first-order chi connectivity index (χ1) is 9.67. The lowest BCUT2D eigenvalue weighted by Crippen LogP contribution is -2.39. The van der Waals surface area contributed by atoms with Crippen molar-refractivity contribution < 1.29 is 8.78 Å². The third-order valence-corrected chi connectivity index (χ3v) is 4.84. The normalized spacial score (nSPS) is 21.9. The molecule has 3 heteroatoms. The van der Waals surface area contributed by atoms with Gasteiger partial charge in [0.05, 0.1) is 0 Å². The Bertz CT molecular complexity index is 462. The Balaban J connectivity index is 1.73. The zero-order valence-corrected chi connectivity index (χ0v) is 11.9. The van der Waals surface area contributed by atoms with Gasteiger partial charge >= 0.3 is 0 Å². The summed E-state index contributed by atoms with van der Waals surface area (Å²) >= 11 is 0. The minimum atomic E-state index is -0.486. The lowest BCUT2D eigenvalue weighted by Gasteiger charge is -2.38. The van der Waals surface area contributed by atoms with E-state index in [9.17, 15) is 8.78 Å². The van der Waals surface area contributed by atoms with Crippen LogP contribution in [0.15, 0.2) is 18.2 Å². The number of rotatable bonds is 5. The second kappa shape index (κ2) is 5.80. The molecular weight excluding hydrogens is 256 g/mol. The molecular formula is C17H23F2N. The van der Waals surface area contributed by atoms with Gasteiger partial charge in [-0.05, 0) is 49.1 Å². The average molecular weight is 279 g/mol. The van der Waals surface area contributed by atoms with Crippen molar-refractivity contribution in [2.24, 2.45) is 5.41 Å². The van der Waals surface area contributed by atoms with E-state index in [1.54, 1.807) is 6.07 Å². The van der Waals surface area contributed by atoms with Crippen LogP contribution in [0.1, 0.15) is 50.5 Å². The van der Waals surface area contributed by atoms with Gasteiger partial charge in [0.15, 0.2) is 0 Å². The molecule has 0 aliphatic heterocycles. The molecule has 0 bridgehead atoms. The van der Waals surface area contributed by atoms with E-state index in [1.807, 2.05) is 0 Å². The number of nitrogens with one attached hydrogen (secondary N) is 1. The molecule has 2 aliphatic carbocycles. The van der Waals surface area contributed by atoms with Crippen LogP contribution >= 0.6 is 0 Å². The van der Waals surface area contributed by atoms with E-state index in [-0.39, 0.29) is 11.2 Å². The Morgan fingerprint density at radius 2 is 1.85 bits per heavy atom. The van der Waals surface area contributed by atoms with Crippen LogP contribution < -0.4 is 5.32 Å². The lowest BCUT2D eigenvalue weighted by molar-refractivity contribution is 0.178. The third-order valence-electron chi connectivity index (χ3n) is 4.84. The number of halogens is 2. The summed E-state index contributed by atoms with van der Waals surface area (Å²) < 4.78 is 27.0. The van der Waals surface area contributed by atoms with Crippen LogP contribution in [0.2, 0.25) is 0 Å². The van der Waals surface area contributed by atoms with Crippen LogP contribution in [0.25, 0.3) is 0 Å². The summed E-state index contributed by atoms with van der Waals surface area (Å²) in [5.41, 5.74) is 0.838. The average Bonchev–Trinajstić information content (AvgIpc) is 3.25. The maximum atomic E-state index is 13.9. The molecule has 0 radical (unpaired) electrons. The zero-order chi connectivity index (χ0) is 14.0. The van der Waals surface area contributed by atoms with Gasteiger partial charge in [-0.3, -0.25) is 0 Å². The minimum Gasteiger partial charge on any atom is -0.313 e. The fraction of sp³-hybridized carbons (Fsp3) is 0.647. The first-order valence-electron chi connectivity index (χ1n) is 7.84. The monoisotopic (exact) mass is 279 g/mol. The first kappa shape index (κ1) is 14.0. The van der Waals surface area contributed by atoms with Crippen LogP contribution in [-0.4, -0.2) is 12.6 Å². The molecule has 1 aromatic rings. The van der Waals surface area contributed by atoms with Crippen LogP contribution in [0, 0.1) is 17.0 Å². The molecule has 0 atom stereocenters. The molecule has 2 fully saturated rings. The van der Waals surface area contributed by atoms with Crippen LogP contribution in [-0.2, 0) is 6.42 Å². The Labute approximate surface area is 119 Å². The summed E-state index contributed by atoms with van der Waals surface area (Å²) in [5, 5.41) is 3.62. The molecule has 20 heavy (non-hydrogen) atoms. The van der Waals surface area contributed by atoms with E-state index in [2.05, 4.69) is 5.32 Å². The highest BCUT2D eigenvalue weighted by Crippen LogP contribution is 2.40. The highest BCUT2D eigenvalue weighted by Gasteiger charge is 2.34. The molecule has 2 saturated carbocycles. The smallest absolute Gasteiger partial charge is 0.129 e. The van der Waals surface area contributed by atoms with Gasteiger partial charge in [0.2, 0.25) is 0 Å². The largest absolute Gasteiger partial charge is 0.313 e. The second-order valence-electron chi connectivity index (χ2n) is 6.63. The van der Waals surface area contributed by atoms with E-state index in [1.165, 1.54) is 38.2 Å². The van der Waals surface area contributed by atoms with E-state index in [4.69, 9.17) is 0 Å². The SMILES string of the molecule is Fc1ccc(CC2(CNC3CC3)CCCCC2)c(F)c1. The highest BCUT2D eigenvalue weighted by atomic mass is 19.1. The molecule has 0 aromatic heterocycles. The quantitative estimate of drug-likeness (QED) is 0.851. The Morgan fingerprint density at radius 1 is 1.10 bits per heavy atom. The highest BCUT2D eigenvalue weighted by molar-refractivity contribution is 5.20. The molecule has 0 heterocycles. The fourth-order valence-electron chi connectivity index (χ4n) is 3.44. The third kappa shape index (κ3) is 3.38. The summed E-state index contributed by atoms with van der Waals surface area (Å²) in [5.74, 6) is -0.874. The molecule has 1 nitrogen and oxygen atoms in total. The van der Waals surface area contributed by atoms with Crippen molar-refractivity contribution in [1.82, 2.24) is 5.32 Å². The molecule has 2 aliphatic rings. The first-order valence-corrected chi connectivity index (χ1v) is 7.84. The predicted molar refractivity (Wildman–Crippen MR) is 76.6 cm³/mol. The molecule has 3 rings (SSSR count). The maximum absolute atomic E-state index is 13.9. The standard InChI is InChI=1S/C17H23F2N/c18-14-5-4-13(16(19)10-14)11-17(8-2-1-3-9-17)12-20-15-6-7-15/h4-5,10,15,20H,1-3,6-9,11-12H2. The number of benzene rings is 1. The molecule has 0 spiro atoms. The van der Waals surface area contributed by atoms with Gasteiger partial charge in [-0.15, -0.1) is 0 Å². The van der Waals surface area contributed by atoms with Crippen molar-refractivity contribution in [3.05, 3.63) is 35.4 Å². The van der Waals surface area contributed by atoms with Crippen molar-refractivity contribution in [3.8, 4) is 0 Å². The summed E-state index contributed by atoms with van der Waals surface area (Å²) in [7, 11) is 0. The van der Waals surface area contributed by atoms with Gasteiger partial charge < -0.3 is 5.32 Å². The van der Waals surface area contributed by atoms with Crippen molar-refractivity contribution >= 4 is 0 Å². The van der Waals surface area contributed by atoms with Crippen molar-refractivity contribution in [2.45, 2.75) is 57.4 Å². The fourth-order valence-corrected chi connectivity index (χ4v) is 3.44. The van der Waals surface area contributed by atoms with Crippen molar-refractivity contribution in [1.29, 1.82) is 0 Å². The summed E-state index contributed by atoms with van der Waals surface area (Å²) in [6, 6.07) is 4.70. The molecule has 1 N–H and O–H groups in total. The van der Waals surface area contributed by atoms with E-state index in [0.717, 1.165) is 31.9 Å². The van der Waals surface area contributed by atoms with Crippen molar-refractivity contribution in [2.75, 3.05) is 6.54 Å². The topological polar surface area (TPSA) is 12.0 Å². The maximum Gasteiger partial charge on any atom is 0.129 e. The Morgan fingerprint density at radius 3 is 2.50 bits per heavy atom. The molecule has 0 unspecified atom stereocenters. The number of hydrogen-bond donors (Lipinski definition) is 1.